The van der Waals surface area contributed by atoms with Gasteiger partial charge in [-0.25, -0.2) is 9.78 Å². The number of benzene rings is 2. The molecule has 2 aromatic carbocycles. The number of hydrogen-bond donors (Lipinski definition) is 3. The molecule has 0 aliphatic carbocycles. The molecule has 0 aliphatic heterocycles. The van der Waals surface area contributed by atoms with E-state index in [-0.39, 0.29) is 25.6 Å². The Labute approximate surface area is 201 Å². The normalized spacial score (nSPS) is 11.5. The highest BCUT2D eigenvalue weighted by Crippen LogP contribution is 2.36. The van der Waals surface area contributed by atoms with Gasteiger partial charge in [0.2, 0.25) is 5.89 Å². The Bertz CT molecular complexity index is 1170. The maximum absolute atomic E-state index is 11.8. The molecule has 2 heterocycles. The van der Waals surface area contributed by atoms with Crippen molar-refractivity contribution in [2.45, 2.75) is 25.0 Å². The van der Waals surface area contributed by atoms with Gasteiger partial charge in [0.05, 0.1) is 12.7 Å². The molecule has 0 atom stereocenters. The number of aromatic nitrogens is 1. The summed E-state index contributed by atoms with van der Waals surface area (Å²) in [4.78, 5) is 19.4. The SMILES string of the molecule is O=C(O)N(CCc1cnc(C(O)(c2ccccc2)c2ccccc2)o1)Cc1ccc(CCO)s1. The van der Waals surface area contributed by atoms with E-state index in [1.807, 2.05) is 72.8 Å². The monoisotopic (exact) mass is 478 g/mol. The van der Waals surface area contributed by atoms with Crippen LogP contribution in [0.15, 0.2) is 83.4 Å². The Morgan fingerprint density at radius 2 is 1.56 bits per heavy atom. The van der Waals surface area contributed by atoms with E-state index in [2.05, 4.69) is 4.98 Å². The second-order valence-corrected chi connectivity index (χ2v) is 9.12. The highest BCUT2D eigenvalue weighted by molar-refractivity contribution is 7.11. The molecular formula is C26H26N2O5S. The van der Waals surface area contributed by atoms with Crippen molar-refractivity contribution in [2.24, 2.45) is 0 Å². The summed E-state index contributed by atoms with van der Waals surface area (Å²) >= 11 is 1.49. The molecule has 2 aromatic heterocycles. The van der Waals surface area contributed by atoms with Gasteiger partial charge < -0.3 is 24.6 Å². The number of rotatable bonds is 10. The van der Waals surface area contributed by atoms with E-state index >= 15 is 0 Å². The zero-order chi connectivity index (χ0) is 24.0. The number of carboxylic acid groups (broad SMARTS) is 1. The van der Waals surface area contributed by atoms with Crippen LogP contribution in [0.25, 0.3) is 0 Å². The van der Waals surface area contributed by atoms with Crippen molar-refractivity contribution in [3.8, 4) is 0 Å². The molecule has 0 saturated heterocycles. The Morgan fingerprint density at radius 1 is 0.941 bits per heavy atom. The van der Waals surface area contributed by atoms with Crippen molar-refractivity contribution in [2.75, 3.05) is 13.2 Å². The van der Waals surface area contributed by atoms with Gasteiger partial charge >= 0.3 is 6.09 Å². The highest BCUT2D eigenvalue weighted by Gasteiger charge is 2.38. The molecule has 0 bridgehead atoms. The van der Waals surface area contributed by atoms with Gasteiger partial charge in [0.15, 0.2) is 5.60 Å². The topological polar surface area (TPSA) is 107 Å². The summed E-state index contributed by atoms with van der Waals surface area (Å²) < 4.78 is 5.97. The zero-order valence-electron chi connectivity index (χ0n) is 18.5. The lowest BCUT2D eigenvalue weighted by Gasteiger charge is -2.26. The molecule has 0 aliphatic rings. The van der Waals surface area contributed by atoms with Crippen LogP contribution < -0.4 is 0 Å². The smallest absolute Gasteiger partial charge is 0.407 e. The number of oxazole rings is 1. The fourth-order valence-corrected chi connectivity index (χ4v) is 4.81. The van der Waals surface area contributed by atoms with Gasteiger partial charge in [-0.05, 0) is 23.3 Å². The van der Waals surface area contributed by atoms with Crippen molar-refractivity contribution in [1.82, 2.24) is 9.88 Å². The lowest BCUT2D eigenvalue weighted by Crippen LogP contribution is -2.30. The Morgan fingerprint density at radius 3 is 2.15 bits per heavy atom. The summed E-state index contributed by atoms with van der Waals surface area (Å²) in [6, 6.07) is 22.2. The van der Waals surface area contributed by atoms with Crippen LogP contribution in [0.4, 0.5) is 4.79 Å². The maximum atomic E-state index is 11.8. The van der Waals surface area contributed by atoms with Gasteiger partial charge in [-0.1, -0.05) is 60.7 Å². The minimum absolute atomic E-state index is 0.0642. The summed E-state index contributed by atoms with van der Waals surface area (Å²) in [5.74, 6) is 0.618. The van der Waals surface area contributed by atoms with Gasteiger partial charge in [0.25, 0.3) is 0 Å². The van der Waals surface area contributed by atoms with E-state index in [0.717, 1.165) is 9.75 Å². The minimum atomic E-state index is -1.58. The number of nitrogens with zero attached hydrogens (tertiary/aromatic N) is 2. The number of thiophene rings is 1. The quantitative estimate of drug-likeness (QED) is 0.314. The standard InChI is InChI=1S/C26H26N2O5S/c29-16-14-22-11-12-23(34-22)18-28(25(30)31)15-13-21-17-27-24(33-21)26(32,19-7-3-1-4-8-19)20-9-5-2-6-10-20/h1-12,17,29,32H,13-16,18H2,(H,30,31). The second-order valence-electron chi connectivity index (χ2n) is 7.87. The van der Waals surface area contributed by atoms with Crippen molar-refractivity contribution >= 4 is 17.4 Å². The summed E-state index contributed by atoms with van der Waals surface area (Å²) in [6.07, 6.45) is 1.39. The van der Waals surface area contributed by atoms with E-state index in [4.69, 9.17) is 9.52 Å². The first kappa shape index (κ1) is 23.7. The summed E-state index contributed by atoms with van der Waals surface area (Å²) in [5, 5.41) is 30.5. The first-order valence-electron chi connectivity index (χ1n) is 11.0. The molecule has 0 unspecified atom stereocenters. The van der Waals surface area contributed by atoms with Crippen molar-refractivity contribution < 1.29 is 24.5 Å². The molecule has 8 heteroatoms. The van der Waals surface area contributed by atoms with E-state index in [1.54, 1.807) is 0 Å². The molecule has 0 fully saturated rings. The van der Waals surface area contributed by atoms with E-state index in [0.29, 0.717) is 29.7 Å². The third-order valence-corrected chi connectivity index (χ3v) is 6.70. The summed E-state index contributed by atoms with van der Waals surface area (Å²) in [6.45, 7) is 0.533. The largest absolute Gasteiger partial charge is 0.465 e. The molecule has 0 saturated carbocycles. The van der Waals surface area contributed by atoms with Crippen LogP contribution >= 0.6 is 11.3 Å². The van der Waals surface area contributed by atoms with Crippen molar-refractivity contribution in [3.05, 3.63) is 112 Å². The molecule has 7 nitrogen and oxygen atoms in total. The van der Waals surface area contributed by atoms with Gasteiger partial charge in [-0.3, -0.25) is 0 Å². The predicted molar refractivity (Wildman–Crippen MR) is 129 cm³/mol. The van der Waals surface area contributed by atoms with Crippen LogP contribution in [-0.2, 0) is 25.0 Å². The van der Waals surface area contributed by atoms with E-state index < -0.39 is 11.7 Å². The molecule has 3 N–H and O–H groups in total. The van der Waals surface area contributed by atoms with Crippen LogP contribution in [0.3, 0.4) is 0 Å². The highest BCUT2D eigenvalue weighted by atomic mass is 32.1. The third-order valence-electron chi connectivity index (χ3n) is 5.57. The maximum Gasteiger partial charge on any atom is 0.407 e. The predicted octanol–water partition coefficient (Wildman–Crippen LogP) is 4.28. The van der Waals surface area contributed by atoms with Crippen LogP contribution in [0.5, 0.6) is 0 Å². The fraction of sp³-hybridized carbons (Fsp3) is 0.231. The molecular weight excluding hydrogens is 452 g/mol. The molecule has 4 aromatic rings. The molecule has 176 valence electrons. The van der Waals surface area contributed by atoms with Crippen LogP contribution in [0.1, 0.15) is 32.5 Å². The van der Waals surface area contributed by atoms with Crippen molar-refractivity contribution in [1.29, 1.82) is 0 Å². The summed E-state index contributed by atoms with van der Waals surface area (Å²) in [7, 11) is 0. The molecule has 1 amide bonds. The molecule has 0 radical (unpaired) electrons. The van der Waals surface area contributed by atoms with Crippen molar-refractivity contribution in [3.63, 3.8) is 0 Å². The number of aliphatic hydroxyl groups is 2. The molecule has 4 rings (SSSR count). The van der Waals surface area contributed by atoms with Crippen LogP contribution in [0.2, 0.25) is 0 Å². The first-order chi connectivity index (χ1) is 16.5. The van der Waals surface area contributed by atoms with E-state index in [9.17, 15) is 15.0 Å². The number of carbonyl (C=O) groups is 1. The second kappa shape index (κ2) is 10.6. The third kappa shape index (κ3) is 5.20. The average Bonchev–Trinajstić information content (AvgIpc) is 3.52. The fourth-order valence-electron chi connectivity index (χ4n) is 3.79. The Balaban J connectivity index is 1.52. The minimum Gasteiger partial charge on any atom is -0.465 e. The van der Waals surface area contributed by atoms with Gasteiger partial charge in [0, 0.05) is 35.7 Å². The van der Waals surface area contributed by atoms with Crippen LogP contribution in [0, 0.1) is 0 Å². The number of amides is 1. The van der Waals surface area contributed by atoms with Gasteiger partial charge in [0.1, 0.15) is 5.76 Å². The van der Waals surface area contributed by atoms with Gasteiger partial charge in [-0.2, -0.15) is 0 Å². The molecule has 34 heavy (non-hydrogen) atoms. The number of hydrogen-bond acceptors (Lipinski definition) is 6. The zero-order valence-corrected chi connectivity index (χ0v) is 19.3. The lowest BCUT2D eigenvalue weighted by molar-refractivity contribution is 0.0908. The first-order valence-corrected chi connectivity index (χ1v) is 11.8. The Hall–Kier alpha value is -3.46. The Kier molecular flexibility index (Phi) is 7.42. The lowest BCUT2D eigenvalue weighted by atomic mass is 9.86. The number of aliphatic hydroxyl groups excluding tert-OH is 1. The summed E-state index contributed by atoms with van der Waals surface area (Å²) in [5.41, 5.74) is -0.330. The van der Waals surface area contributed by atoms with Gasteiger partial charge in [-0.15, -0.1) is 11.3 Å². The van der Waals surface area contributed by atoms with Crippen LogP contribution in [-0.4, -0.2) is 44.4 Å². The average molecular weight is 479 g/mol. The van der Waals surface area contributed by atoms with E-state index in [1.165, 1.54) is 22.4 Å². The molecule has 0 spiro atoms.